The van der Waals surface area contributed by atoms with E-state index in [2.05, 4.69) is 14.2 Å². The van der Waals surface area contributed by atoms with E-state index in [1.165, 1.54) is 13.2 Å². The second kappa shape index (κ2) is 9.35. The number of esters is 1. The second-order valence-corrected chi connectivity index (χ2v) is 8.43. The Morgan fingerprint density at radius 3 is 2.48 bits per heavy atom. The Bertz CT molecular complexity index is 578. The van der Waals surface area contributed by atoms with Gasteiger partial charge in [0.25, 0.3) is 0 Å². The van der Waals surface area contributed by atoms with Crippen LogP contribution in [-0.4, -0.2) is 29.0 Å². The first-order chi connectivity index (χ1) is 11.6. The Morgan fingerprint density at radius 2 is 2.00 bits per heavy atom. The lowest BCUT2D eigenvalue weighted by Gasteiger charge is -2.28. The Hall–Kier alpha value is -1.38. The van der Waals surface area contributed by atoms with Gasteiger partial charge in [-0.1, -0.05) is 19.1 Å². The lowest BCUT2D eigenvalue weighted by atomic mass is 10.0. The van der Waals surface area contributed by atoms with Crippen molar-refractivity contribution < 1.29 is 27.6 Å². The molecule has 1 aromatic rings. The van der Waals surface area contributed by atoms with Crippen LogP contribution < -0.4 is 9.46 Å². The van der Waals surface area contributed by atoms with Crippen molar-refractivity contribution in [2.24, 2.45) is 0 Å². The zero-order valence-corrected chi connectivity index (χ0v) is 15.9. The van der Waals surface area contributed by atoms with Crippen LogP contribution in [0.1, 0.15) is 51.3 Å². The summed E-state index contributed by atoms with van der Waals surface area (Å²) in [6.45, 7) is 4.24. The number of alkyl halides is 2. The van der Waals surface area contributed by atoms with Crippen molar-refractivity contribution in [2.45, 2.75) is 57.9 Å². The molecule has 1 aromatic carbocycles. The number of hydrogen-bond acceptors (Lipinski definition) is 5. The quantitative estimate of drug-likeness (QED) is 0.555. The summed E-state index contributed by atoms with van der Waals surface area (Å²) in [5.41, 5.74) is 1.15. The van der Waals surface area contributed by atoms with Crippen LogP contribution in [0.3, 0.4) is 0 Å². The van der Waals surface area contributed by atoms with E-state index in [1.54, 1.807) is 32.9 Å². The number of carbonyl (C=O) groups is 1. The van der Waals surface area contributed by atoms with Gasteiger partial charge in [-0.05, 0) is 44.4 Å². The molecule has 1 rings (SSSR count). The first-order valence-electron chi connectivity index (χ1n) is 7.91. The maximum Gasteiger partial charge on any atom is 0.387 e. The van der Waals surface area contributed by atoms with Crippen molar-refractivity contribution in [3.8, 4) is 5.75 Å². The van der Waals surface area contributed by atoms with Crippen LogP contribution in [0, 0.1) is 0 Å². The minimum Gasteiger partial charge on any atom is -0.598 e. The molecule has 0 aliphatic carbocycles. The summed E-state index contributed by atoms with van der Waals surface area (Å²) in [4.78, 5) is 11.7. The Balaban J connectivity index is 3.17. The van der Waals surface area contributed by atoms with Crippen LogP contribution >= 0.6 is 0 Å². The lowest BCUT2D eigenvalue weighted by molar-refractivity contribution is -0.141. The van der Waals surface area contributed by atoms with Crippen molar-refractivity contribution in [1.29, 1.82) is 0 Å². The fourth-order valence-electron chi connectivity index (χ4n) is 2.07. The molecule has 5 nitrogen and oxygen atoms in total. The summed E-state index contributed by atoms with van der Waals surface area (Å²) in [5, 5.41) is 0. The summed E-state index contributed by atoms with van der Waals surface area (Å²) < 4.78 is 49.3. The number of halogens is 2. The molecule has 1 N–H and O–H groups in total. The fraction of sp³-hybridized carbons (Fsp3) is 0.588. The molecule has 0 radical (unpaired) electrons. The fourth-order valence-corrected chi connectivity index (χ4v) is 2.90. The van der Waals surface area contributed by atoms with E-state index < -0.39 is 34.7 Å². The normalized spacial score (nSPS) is 14.3. The van der Waals surface area contributed by atoms with Gasteiger partial charge in [-0.15, -0.1) is 4.72 Å². The largest absolute Gasteiger partial charge is 0.598 e. The van der Waals surface area contributed by atoms with E-state index in [0.717, 1.165) is 0 Å². The maximum atomic E-state index is 12.6. The zero-order chi connectivity index (χ0) is 19.2. The zero-order valence-electron chi connectivity index (χ0n) is 15.1. The van der Waals surface area contributed by atoms with E-state index in [-0.39, 0.29) is 12.2 Å². The highest BCUT2D eigenvalue weighted by Crippen LogP contribution is 2.29. The van der Waals surface area contributed by atoms with Gasteiger partial charge in [-0.25, -0.2) is 0 Å². The molecule has 25 heavy (non-hydrogen) atoms. The molecule has 0 fully saturated rings. The molecular formula is C17H25F2NO4S. The molecule has 0 bridgehead atoms. The predicted octanol–water partition coefficient (Wildman–Crippen LogP) is 3.51. The van der Waals surface area contributed by atoms with Gasteiger partial charge in [0.15, 0.2) is 0 Å². The highest BCUT2D eigenvalue weighted by atomic mass is 32.2. The van der Waals surface area contributed by atoms with E-state index >= 15 is 0 Å². The van der Waals surface area contributed by atoms with Crippen molar-refractivity contribution in [3.05, 3.63) is 29.3 Å². The van der Waals surface area contributed by atoms with Gasteiger partial charge < -0.3 is 14.0 Å². The molecule has 1 unspecified atom stereocenters. The highest BCUT2D eigenvalue weighted by molar-refractivity contribution is 7.90. The first kappa shape index (κ1) is 21.7. The van der Waals surface area contributed by atoms with Gasteiger partial charge in [0.1, 0.15) is 10.5 Å². The standard InChI is InChI=1S/C17H25F2NO4S/c1-6-11-7-8-12(9-14(11)24-16(18)19)13(10-15(21)23-5)20-25(22)17(2,3)4/h7-9,13,16,20H,6,10H2,1-5H3/t13-,25?/m0/s1. The van der Waals surface area contributed by atoms with Crippen LogP contribution in [0.4, 0.5) is 8.78 Å². The number of nitrogens with one attached hydrogen (secondary N) is 1. The molecule has 0 aromatic heterocycles. The van der Waals surface area contributed by atoms with Crippen molar-refractivity contribution in [3.63, 3.8) is 0 Å². The van der Waals surface area contributed by atoms with Gasteiger partial charge in [0.05, 0.1) is 19.6 Å². The molecule has 0 amide bonds. The summed E-state index contributed by atoms with van der Waals surface area (Å²) in [6, 6.07) is 4.17. The average molecular weight is 377 g/mol. The number of carbonyl (C=O) groups excluding carboxylic acids is 1. The van der Waals surface area contributed by atoms with Gasteiger partial charge in [0, 0.05) is 11.4 Å². The molecule has 8 heteroatoms. The minimum atomic E-state index is -2.95. The smallest absolute Gasteiger partial charge is 0.387 e. The number of ether oxygens (including phenoxy) is 2. The van der Waals surface area contributed by atoms with Crippen LogP contribution in [0.25, 0.3) is 0 Å². The van der Waals surface area contributed by atoms with Crippen LogP contribution in [0.15, 0.2) is 18.2 Å². The maximum absolute atomic E-state index is 12.6. The van der Waals surface area contributed by atoms with Crippen LogP contribution in [0.5, 0.6) is 5.75 Å². The number of aryl methyl sites for hydroxylation is 1. The van der Waals surface area contributed by atoms with Crippen LogP contribution in [-0.2, 0) is 27.3 Å². The van der Waals surface area contributed by atoms with E-state index in [4.69, 9.17) is 0 Å². The predicted molar refractivity (Wildman–Crippen MR) is 92.9 cm³/mol. The topological polar surface area (TPSA) is 70.6 Å². The van der Waals surface area contributed by atoms with Crippen molar-refractivity contribution in [1.82, 2.24) is 4.72 Å². The minimum absolute atomic E-state index is 0.0493. The molecule has 0 aliphatic rings. The van der Waals surface area contributed by atoms with Crippen molar-refractivity contribution in [2.75, 3.05) is 7.11 Å². The number of methoxy groups -OCH3 is 1. The third-order valence-electron chi connectivity index (χ3n) is 3.49. The molecule has 142 valence electrons. The summed E-state index contributed by atoms with van der Waals surface area (Å²) in [5.74, 6) is -0.451. The number of rotatable bonds is 8. The second-order valence-electron chi connectivity index (χ2n) is 6.43. The number of benzene rings is 1. The van der Waals surface area contributed by atoms with Gasteiger partial charge in [0.2, 0.25) is 0 Å². The SMILES string of the molecule is CCc1ccc([C@H](CC(=O)OC)N[S+]([O-])C(C)(C)C)cc1OC(F)F. The molecule has 0 aliphatic heterocycles. The monoisotopic (exact) mass is 377 g/mol. The van der Waals surface area contributed by atoms with Gasteiger partial charge in [-0.2, -0.15) is 8.78 Å². The number of hydrogen-bond donors (Lipinski definition) is 1. The molecule has 0 saturated heterocycles. The molecule has 0 heterocycles. The summed E-state index contributed by atoms with van der Waals surface area (Å²) in [6.07, 6.45) is 0.434. The molecular weight excluding hydrogens is 352 g/mol. The van der Waals surface area contributed by atoms with E-state index in [0.29, 0.717) is 17.5 Å². The highest BCUT2D eigenvalue weighted by Gasteiger charge is 2.31. The van der Waals surface area contributed by atoms with Crippen molar-refractivity contribution >= 4 is 17.3 Å². The molecule has 0 saturated carbocycles. The Morgan fingerprint density at radius 1 is 1.36 bits per heavy atom. The first-order valence-corrected chi connectivity index (χ1v) is 9.06. The molecule has 0 spiro atoms. The molecule has 2 atom stereocenters. The van der Waals surface area contributed by atoms with E-state index in [1.807, 2.05) is 6.92 Å². The summed E-state index contributed by atoms with van der Waals surface area (Å²) >= 11 is -1.46. The Labute approximate surface area is 150 Å². The average Bonchev–Trinajstić information content (AvgIpc) is 2.52. The Kier molecular flexibility index (Phi) is 8.11. The lowest BCUT2D eigenvalue weighted by Crippen LogP contribution is -2.41. The van der Waals surface area contributed by atoms with E-state index in [9.17, 15) is 18.1 Å². The third kappa shape index (κ3) is 6.80. The third-order valence-corrected chi connectivity index (χ3v) is 5.11. The summed E-state index contributed by atoms with van der Waals surface area (Å²) in [7, 11) is 1.26. The van der Waals surface area contributed by atoms with Crippen LogP contribution in [0.2, 0.25) is 0 Å². The van der Waals surface area contributed by atoms with Gasteiger partial charge in [-0.3, -0.25) is 4.79 Å². The van der Waals surface area contributed by atoms with Gasteiger partial charge >= 0.3 is 12.6 Å².